The molecule has 0 heterocycles. The van der Waals surface area contributed by atoms with Crippen molar-refractivity contribution in [3.05, 3.63) is 29.8 Å². The first-order valence-corrected chi connectivity index (χ1v) is 7.46. The molecule has 1 rings (SSSR count). The van der Waals surface area contributed by atoms with Crippen molar-refractivity contribution in [1.29, 1.82) is 0 Å². The molecule has 1 atom stereocenters. The van der Waals surface area contributed by atoms with Crippen LogP contribution < -0.4 is 4.74 Å². The van der Waals surface area contributed by atoms with Crippen LogP contribution in [0.1, 0.15) is 25.5 Å². The SMILES string of the molecule is CC(C)Oc1ccc(C(O)CS(C)(=O)=O)cc1. The van der Waals surface area contributed by atoms with Crippen LogP contribution in [0.2, 0.25) is 0 Å². The van der Waals surface area contributed by atoms with E-state index in [-0.39, 0.29) is 11.9 Å². The zero-order valence-electron chi connectivity index (χ0n) is 10.3. The molecule has 5 heteroatoms. The molecule has 1 aromatic carbocycles. The van der Waals surface area contributed by atoms with Gasteiger partial charge in [-0.05, 0) is 31.5 Å². The van der Waals surface area contributed by atoms with E-state index in [1.807, 2.05) is 13.8 Å². The molecule has 0 aliphatic heterocycles. The van der Waals surface area contributed by atoms with Crippen LogP contribution in [0, 0.1) is 0 Å². The van der Waals surface area contributed by atoms with Crippen molar-refractivity contribution in [3.63, 3.8) is 0 Å². The lowest BCUT2D eigenvalue weighted by Gasteiger charge is -2.12. The second-order valence-electron chi connectivity index (χ2n) is 4.34. The normalized spacial score (nSPS) is 13.7. The Hall–Kier alpha value is -1.07. The lowest BCUT2D eigenvalue weighted by Crippen LogP contribution is -2.12. The van der Waals surface area contributed by atoms with Gasteiger partial charge in [-0.3, -0.25) is 0 Å². The van der Waals surface area contributed by atoms with E-state index in [1.54, 1.807) is 24.3 Å². The summed E-state index contributed by atoms with van der Waals surface area (Å²) in [5.74, 6) is 0.438. The van der Waals surface area contributed by atoms with Crippen molar-refractivity contribution in [2.75, 3.05) is 12.0 Å². The van der Waals surface area contributed by atoms with Gasteiger partial charge in [-0.2, -0.15) is 0 Å². The Morgan fingerprint density at radius 3 is 2.18 bits per heavy atom. The fraction of sp³-hybridized carbons (Fsp3) is 0.500. The summed E-state index contributed by atoms with van der Waals surface area (Å²) < 4.78 is 27.5. The van der Waals surface area contributed by atoms with Gasteiger partial charge in [-0.15, -0.1) is 0 Å². The first-order valence-electron chi connectivity index (χ1n) is 5.40. The molecule has 0 aliphatic carbocycles. The van der Waals surface area contributed by atoms with Crippen LogP contribution in [0.25, 0.3) is 0 Å². The highest BCUT2D eigenvalue weighted by molar-refractivity contribution is 7.90. The zero-order valence-corrected chi connectivity index (χ0v) is 11.1. The fourth-order valence-electron chi connectivity index (χ4n) is 1.42. The van der Waals surface area contributed by atoms with Crippen molar-refractivity contribution < 1.29 is 18.3 Å². The number of hydrogen-bond acceptors (Lipinski definition) is 4. The van der Waals surface area contributed by atoms with Gasteiger partial charge in [0.2, 0.25) is 0 Å². The maximum absolute atomic E-state index is 11.0. The topological polar surface area (TPSA) is 63.6 Å². The van der Waals surface area contributed by atoms with E-state index in [2.05, 4.69) is 0 Å². The fourth-order valence-corrected chi connectivity index (χ4v) is 2.19. The Kier molecular flexibility index (Phi) is 4.54. The number of aliphatic hydroxyl groups is 1. The molecule has 4 nitrogen and oxygen atoms in total. The minimum atomic E-state index is -3.18. The van der Waals surface area contributed by atoms with Crippen LogP contribution in [0.5, 0.6) is 5.75 Å². The van der Waals surface area contributed by atoms with Gasteiger partial charge >= 0.3 is 0 Å². The molecule has 1 aromatic rings. The third-order valence-electron chi connectivity index (χ3n) is 2.10. The highest BCUT2D eigenvalue weighted by Crippen LogP contribution is 2.19. The summed E-state index contributed by atoms with van der Waals surface area (Å²) in [6.45, 7) is 3.85. The van der Waals surface area contributed by atoms with Crippen LogP contribution in [0.3, 0.4) is 0 Å². The number of ether oxygens (including phenoxy) is 1. The predicted molar refractivity (Wildman–Crippen MR) is 66.9 cm³/mol. The van der Waals surface area contributed by atoms with E-state index in [1.165, 1.54) is 0 Å². The molecule has 0 amide bonds. The predicted octanol–water partition coefficient (Wildman–Crippen LogP) is 1.55. The Labute approximate surface area is 102 Å². The summed E-state index contributed by atoms with van der Waals surface area (Å²) in [6.07, 6.45) is 0.201. The molecule has 0 aromatic heterocycles. The molecule has 0 radical (unpaired) electrons. The van der Waals surface area contributed by atoms with Crippen LogP contribution in [-0.4, -0.2) is 31.6 Å². The highest BCUT2D eigenvalue weighted by atomic mass is 32.2. The van der Waals surface area contributed by atoms with Crippen molar-refractivity contribution in [1.82, 2.24) is 0 Å². The van der Waals surface area contributed by atoms with Crippen molar-refractivity contribution in [2.45, 2.75) is 26.1 Å². The largest absolute Gasteiger partial charge is 0.491 e. The molecule has 0 saturated heterocycles. The molecular formula is C12H18O4S. The number of rotatable bonds is 5. The van der Waals surface area contributed by atoms with Gasteiger partial charge in [0.05, 0.1) is 18.0 Å². The van der Waals surface area contributed by atoms with E-state index in [4.69, 9.17) is 4.74 Å². The summed E-state index contributed by atoms with van der Waals surface area (Å²) in [5, 5.41) is 9.71. The lowest BCUT2D eigenvalue weighted by atomic mass is 10.1. The molecular weight excluding hydrogens is 240 g/mol. The van der Waals surface area contributed by atoms with Crippen molar-refractivity contribution in [3.8, 4) is 5.75 Å². The molecule has 1 unspecified atom stereocenters. The summed E-state index contributed by atoms with van der Waals surface area (Å²) in [7, 11) is -3.18. The number of aliphatic hydroxyl groups excluding tert-OH is 1. The number of sulfone groups is 1. The second kappa shape index (κ2) is 5.51. The Balaban J connectivity index is 2.73. The molecule has 0 spiro atoms. The molecule has 0 fully saturated rings. The van der Waals surface area contributed by atoms with E-state index >= 15 is 0 Å². The summed E-state index contributed by atoms with van der Waals surface area (Å²) in [4.78, 5) is 0. The quantitative estimate of drug-likeness (QED) is 0.870. The van der Waals surface area contributed by atoms with Crippen LogP contribution in [0.4, 0.5) is 0 Å². The van der Waals surface area contributed by atoms with Gasteiger partial charge < -0.3 is 9.84 Å². The first kappa shape index (κ1) is 14.0. The monoisotopic (exact) mass is 258 g/mol. The average Bonchev–Trinajstić information content (AvgIpc) is 2.15. The second-order valence-corrected chi connectivity index (χ2v) is 6.53. The van der Waals surface area contributed by atoms with Crippen LogP contribution in [0.15, 0.2) is 24.3 Å². The highest BCUT2D eigenvalue weighted by Gasteiger charge is 2.14. The van der Waals surface area contributed by atoms with Crippen molar-refractivity contribution in [2.24, 2.45) is 0 Å². The van der Waals surface area contributed by atoms with E-state index < -0.39 is 15.9 Å². The summed E-state index contributed by atoms with van der Waals surface area (Å²) in [6, 6.07) is 6.79. The smallest absolute Gasteiger partial charge is 0.150 e. The van der Waals surface area contributed by atoms with Gasteiger partial charge in [0.15, 0.2) is 0 Å². The zero-order chi connectivity index (χ0) is 13.1. The Morgan fingerprint density at radius 2 is 1.76 bits per heavy atom. The minimum absolute atomic E-state index is 0.0850. The first-order chi connectivity index (χ1) is 7.78. The standard InChI is InChI=1S/C12H18O4S/c1-9(2)16-11-6-4-10(5-7-11)12(13)8-17(3,14)15/h4-7,9,12-13H,8H2,1-3H3. The molecule has 96 valence electrons. The van der Waals surface area contributed by atoms with Gasteiger partial charge in [0.25, 0.3) is 0 Å². The van der Waals surface area contributed by atoms with Gasteiger partial charge in [0, 0.05) is 6.26 Å². The third kappa shape index (κ3) is 5.19. The average molecular weight is 258 g/mol. The van der Waals surface area contributed by atoms with Gasteiger partial charge in [-0.25, -0.2) is 8.42 Å². The number of benzene rings is 1. The third-order valence-corrected chi connectivity index (χ3v) is 3.02. The Bertz CT molecular complexity index is 448. The maximum atomic E-state index is 11.0. The molecule has 1 N–H and O–H groups in total. The van der Waals surface area contributed by atoms with E-state index in [0.29, 0.717) is 11.3 Å². The van der Waals surface area contributed by atoms with Crippen LogP contribution >= 0.6 is 0 Å². The van der Waals surface area contributed by atoms with Gasteiger partial charge in [-0.1, -0.05) is 12.1 Å². The number of hydrogen-bond donors (Lipinski definition) is 1. The molecule has 0 saturated carbocycles. The summed E-state index contributed by atoms with van der Waals surface area (Å²) in [5.41, 5.74) is 0.575. The minimum Gasteiger partial charge on any atom is -0.491 e. The molecule has 0 aliphatic rings. The molecule has 0 bridgehead atoms. The Morgan fingerprint density at radius 1 is 1.24 bits per heavy atom. The van der Waals surface area contributed by atoms with E-state index in [0.717, 1.165) is 6.26 Å². The lowest BCUT2D eigenvalue weighted by molar-refractivity contribution is 0.201. The van der Waals surface area contributed by atoms with Crippen LogP contribution in [-0.2, 0) is 9.84 Å². The summed E-state index contributed by atoms with van der Waals surface area (Å²) >= 11 is 0. The van der Waals surface area contributed by atoms with Gasteiger partial charge in [0.1, 0.15) is 15.6 Å². The van der Waals surface area contributed by atoms with Crippen molar-refractivity contribution >= 4 is 9.84 Å². The maximum Gasteiger partial charge on any atom is 0.150 e. The van der Waals surface area contributed by atoms with E-state index in [9.17, 15) is 13.5 Å². The molecule has 17 heavy (non-hydrogen) atoms.